The van der Waals surface area contributed by atoms with E-state index in [1.54, 1.807) is 54.9 Å². The fourth-order valence-electron chi connectivity index (χ4n) is 3.72. The lowest BCUT2D eigenvalue weighted by Gasteiger charge is -2.24. The van der Waals surface area contributed by atoms with Gasteiger partial charge in [0.2, 0.25) is 0 Å². The average molecular weight is 422 g/mol. The third kappa shape index (κ3) is 3.80. The van der Waals surface area contributed by atoms with E-state index in [-0.39, 0.29) is 16.8 Å². The Kier molecular flexibility index (Phi) is 5.30. The minimum absolute atomic E-state index is 0.192. The number of sulfonamides is 1. The molecule has 1 aliphatic heterocycles. The van der Waals surface area contributed by atoms with Gasteiger partial charge in [0.15, 0.2) is 0 Å². The second-order valence-corrected chi connectivity index (χ2v) is 9.36. The average Bonchev–Trinajstić information content (AvgIpc) is 3.08. The minimum atomic E-state index is -3.67. The van der Waals surface area contributed by atoms with Crippen molar-refractivity contribution in [1.82, 2.24) is 10.3 Å². The van der Waals surface area contributed by atoms with Gasteiger partial charge in [-0.25, -0.2) is 8.42 Å². The Morgan fingerprint density at radius 3 is 2.50 bits per heavy atom. The molecule has 1 atom stereocenters. The van der Waals surface area contributed by atoms with Crippen LogP contribution in [0, 0.1) is 6.92 Å². The van der Waals surface area contributed by atoms with Crippen molar-refractivity contribution in [1.29, 1.82) is 0 Å². The molecule has 1 amide bonds. The van der Waals surface area contributed by atoms with Crippen LogP contribution in [0.2, 0.25) is 0 Å². The quantitative estimate of drug-likeness (QED) is 0.684. The zero-order valence-electron chi connectivity index (χ0n) is 16.9. The molecular formula is C23H23N3O3S. The number of hydrogen-bond acceptors (Lipinski definition) is 4. The zero-order chi connectivity index (χ0) is 21.3. The van der Waals surface area contributed by atoms with Gasteiger partial charge in [-0.1, -0.05) is 17.7 Å². The van der Waals surface area contributed by atoms with E-state index in [9.17, 15) is 13.2 Å². The summed E-state index contributed by atoms with van der Waals surface area (Å²) in [6.07, 6.45) is 3.93. The highest BCUT2D eigenvalue weighted by Gasteiger charge is 2.36. The number of rotatable bonds is 5. The number of nitrogens with one attached hydrogen (secondary N) is 1. The van der Waals surface area contributed by atoms with E-state index in [2.05, 4.69) is 10.3 Å². The van der Waals surface area contributed by atoms with Gasteiger partial charge >= 0.3 is 0 Å². The van der Waals surface area contributed by atoms with Gasteiger partial charge in [-0.2, -0.15) is 0 Å². The van der Waals surface area contributed by atoms with E-state index in [0.29, 0.717) is 24.2 Å². The molecule has 154 valence electrons. The van der Waals surface area contributed by atoms with Crippen molar-refractivity contribution >= 4 is 21.6 Å². The van der Waals surface area contributed by atoms with Crippen molar-refractivity contribution in [2.75, 3.05) is 4.31 Å². The summed E-state index contributed by atoms with van der Waals surface area (Å²) < 4.78 is 27.9. The summed E-state index contributed by atoms with van der Waals surface area (Å²) in [6.45, 7) is 4.21. The lowest BCUT2D eigenvalue weighted by Crippen LogP contribution is -2.35. The van der Waals surface area contributed by atoms with E-state index in [1.165, 1.54) is 4.31 Å². The van der Waals surface area contributed by atoms with E-state index >= 15 is 0 Å². The Labute approximate surface area is 176 Å². The minimum Gasteiger partial charge on any atom is -0.348 e. The number of nitrogens with zero attached hydrogens (tertiary/aromatic N) is 2. The third-order valence-electron chi connectivity index (χ3n) is 5.27. The molecular weight excluding hydrogens is 398 g/mol. The fraction of sp³-hybridized carbons (Fsp3) is 0.217. The number of amides is 1. The van der Waals surface area contributed by atoms with Gasteiger partial charge in [0, 0.05) is 30.5 Å². The molecule has 2 aromatic carbocycles. The molecule has 1 N–H and O–H groups in total. The molecule has 0 radical (unpaired) electrons. The predicted molar refractivity (Wildman–Crippen MR) is 116 cm³/mol. The number of fused-ring (bicyclic) bond motifs is 1. The standard InChI is InChI=1S/C23H23N3O3S/c1-16-3-6-21(7-4-16)30(28,29)26-17(2)13-20-14-19(5-8-22(20)26)23(27)25-15-18-9-11-24-12-10-18/h3-12,14,17H,13,15H2,1-2H3,(H,25,27)/t17-/m1/s1. The number of benzene rings is 2. The first kappa shape index (κ1) is 20.1. The summed E-state index contributed by atoms with van der Waals surface area (Å²) in [7, 11) is -3.67. The van der Waals surface area contributed by atoms with Crippen molar-refractivity contribution in [2.45, 2.75) is 37.8 Å². The van der Waals surface area contributed by atoms with Gasteiger partial charge in [0.05, 0.1) is 10.6 Å². The number of anilines is 1. The van der Waals surface area contributed by atoms with Crippen LogP contribution in [0.4, 0.5) is 5.69 Å². The molecule has 7 heteroatoms. The molecule has 0 saturated heterocycles. The van der Waals surface area contributed by atoms with Crippen molar-refractivity contribution < 1.29 is 13.2 Å². The van der Waals surface area contributed by atoms with Crippen molar-refractivity contribution in [3.05, 3.63) is 89.2 Å². The van der Waals surface area contributed by atoms with E-state index in [1.807, 2.05) is 26.0 Å². The first-order valence-electron chi connectivity index (χ1n) is 9.77. The third-order valence-corrected chi connectivity index (χ3v) is 7.22. The van der Waals surface area contributed by atoms with Gasteiger partial charge in [-0.15, -0.1) is 0 Å². The maximum atomic E-state index is 13.2. The van der Waals surface area contributed by atoms with Gasteiger partial charge in [-0.3, -0.25) is 14.1 Å². The second kappa shape index (κ2) is 7.91. The van der Waals surface area contributed by atoms with Crippen LogP contribution in [0.1, 0.15) is 34.0 Å². The molecule has 2 heterocycles. The Morgan fingerprint density at radius 2 is 1.80 bits per heavy atom. The van der Waals surface area contributed by atoms with Gasteiger partial charge in [0.1, 0.15) is 0 Å². The molecule has 4 rings (SSSR count). The summed E-state index contributed by atoms with van der Waals surface area (Å²) in [4.78, 5) is 16.8. The smallest absolute Gasteiger partial charge is 0.264 e. The Hall–Kier alpha value is -3.19. The van der Waals surface area contributed by atoms with Crippen LogP contribution >= 0.6 is 0 Å². The number of aromatic nitrogens is 1. The maximum absolute atomic E-state index is 13.2. The van der Waals surface area contributed by atoms with E-state index < -0.39 is 10.0 Å². The number of carbonyl (C=O) groups is 1. The molecule has 1 aliphatic rings. The molecule has 30 heavy (non-hydrogen) atoms. The van der Waals surface area contributed by atoms with Crippen LogP contribution < -0.4 is 9.62 Å². The van der Waals surface area contributed by atoms with Gasteiger partial charge < -0.3 is 5.32 Å². The number of hydrogen-bond donors (Lipinski definition) is 1. The first-order valence-corrected chi connectivity index (χ1v) is 11.2. The van der Waals surface area contributed by atoms with Crippen molar-refractivity contribution in [3.8, 4) is 0 Å². The lowest BCUT2D eigenvalue weighted by molar-refractivity contribution is 0.0951. The number of carbonyl (C=O) groups excluding carboxylic acids is 1. The van der Waals surface area contributed by atoms with Crippen LogP contribution in [0.15, 0.2) is 71.9 Å². The molecule has 0 aliphatic carbocycles. The molecule has 6 nitrogen and oxygen atoms in total. The van der Waals surface area contributed by atoms with E-state index in [0.717, 1.165) is 16.7 Å². The van der Waals surface area contributed by atoms with Crippen LogP contribution in [0.3, 0.4) is 0 Å². The molecule has 0 saturated carbocycles. The molecule has 0 bridgehead atoms. The topological polar surface area (TPSA) is 79.4 Å². The van der Waals surface area contributed by atoms with Crippen LogP contribution in [-0.2, 0) is 23.0 Å². The van der Waals surface area contributed by atoms with Crippen LogP contribution in [-0.4, -0.2) is 25.4 Å². The normalized spacial score (nSPS) is 15.7. The molecule has 0 fully saturated rings. The summed E-state index contributed by atoms with van der Waals surface area (Å²) in [5.41, 5.74) is 3.97. The van der Waals surface area contributed by atoms with Gasteiger partial charge in [0.25, 0.3) is 15.9 Å². The first-order chi connectivity index (χ1) is 14.4. The highest BCUT2D eigenvalue weighted by atomic mass is 32.2. The Bertz CT molecular complexity index is 1180. The molecule has 1 aromatic heterocycles. The monoisotopic (exact) mass is 421 g/mol. The maximum Gasteiger partial charge on any atom is 0.264 e. The highest BCUT2D eigenvalue weighted by Crippen LogP contribution is 2.37. The van der Waals surface area contributed by atoms with E-state index in [4.69, 9.17) is 0 Å². The number of pyridine rings is 1. The summed E-state index contributed by atoms with van der Waals surface area (Å²) >= 11 is 0. The number of aryl methyl sites for hydroxylation is 1. The molecule has 0 spiro atoms. The Morgan fingerprint density at radius 1 is 1.10 bits per heavy atom. The van der Waals surface area contributed by atoms with Crippen LogP contribution in [0.25, 0.3) is 0 Å². The van der Waals surface area contributed by atoms with Crippen molar-refractivity contribution in [2.24, 2.45) is 0 Å². The summed E-state index contributed by atoms with van der Waals surface area (Å²) in [5, 5.41) is 2.89. The predicted octanol–water partition coefficient (Wildman–Crippen LogP) is 3.46. The zero-order valence-corrected chi connectivity index (χ0v) is 17.7. The van der Waals surface area contributed by atoms with Gasteiger partial charge in [-0.05, 0) is 73.9 Å². The molecule has 3 aromatic rings. The van der Waals surface area contributed by atoms with Crippen LogP contribution in [0.5, 0.6) is 0 Å². The summed E-state index contributed by atoms with van der Waals surface area (Å²) in [5.74, 6) is -0.192. The second-order valence-electron chi connectivity index (χ2n) is 7.55. The lowest BCUT2D eigenvalue weighted by atomic mass is 10.1. The van der Waals surface area contributed by atoms with Crippen molar-refractivity contribution in [3.63, 3.8) is 0 Å². The summed E-state index contributed by atoms with van der Waals surface area (Å²) in [6, 6.07) is 15.5. The fourth-order valence-corrected chi connectivity index (χ4v) is 5.41. The largest absolute Gasteiger partial charge is 0.348 e. The Balaban J connectivity index is 1.57. The highest BCUT2D eigenvalue weighted by molar-refractivity contribution is 7.92. The SMILES string of the molecule is Cc1ccc(S(=O)(=O)N2c3ccc(C(=O)NCc4ccncc4)cc3C[C@H]2C)cc1. The molecule has 0 unspecified atom stereocenters.